The van der Waals surface area contributed by atoms with E-state index in [1.807, 2.05) is 0 Å². The molecule has 3 aliphatic rings. The highest BCUT2D eigenvalue weighted by Crippen LogP contribution is 2.47. The number of piperidine rings is 1. The smallest absolute Gasteiger partial charge is 0.0212 e. The molecular weight excluding hydrogens is 146 g/mol. The van der Waals surface area contributed by atoms with Crippen molar-refractivity contribution >= 4 is 0 Å². The molecule has 3 rings (SSSR count). The Hall–Kier alpha value is -0.0400. The molecule has 68 valence electrons. The van der Waals surface area contributed by atoms with Crippen molar-refractivity contribution < 1.29 is 0 Å². The molecule has 1 nitrogen and oxygen atoms in total. The lowest BCUT2D eigenvalue weighted by Crippen LogP contribution is -2.62. The Bertz CT molecular complexity index is 181. The number of hydrogen-bond acceptors (Lipinski definition) is 1. The molecule has 1 atom stereocenters. The van der Waals surface area contributed by atoms with Gasteiger partial charge in [0, 0.05) is 18.1 Å². The molecule has 1 unspecified atom stereocenters. The van der Waals surface area contributed by atoms with E-state index in [9.17, 15) is 0 Å². The summed E-state index contributed by atoms with van der Waals surface area (Å²) in [5.41, 5.74) is 0.723. The topological polar surface area (TPSA) is 3.24 Å². The van der Waals surface area contributed by atoms with Gasteiger partial charge in [-0.25, -0.2) is 0 Å². The van der Waals surface area contributed by atoms with Gasteiger partial charge in [-0.1, -0.05) is 19.3 Å². The Kier molecular flexibility index (Phi) is 1.52. The molecule has 3 fully saturated rings. The minimum absolute atomic E-state index is 0.723. The van der Waals surface area contributed by atoms with Crippen LogP contribution in [0.15, 0.2) is 0 Å². The Balaban J connectivity index is 1.83. The third-order valence-corrected chi connectivity index (χ3v) is 4.47. The summed E-state index contributed by atoms with van der Waals surface area (Å²) in [4.78, 5) is 2.85. The number of fused-ring (bicyclic) bond motifs is 2. The molecule has 12 heavy (non-hydrogen) atoms. The minimum atomic E-state index is 0.723. The van der Waals surface area contributed by atoms with Gasteiger partial charge in [0.25, 0.3) is 0 Å². The number of nitrogens with zero attached hydrogens (tertiary/aromatic N) is 1. The predicted molar refractivity (Wildman–Crippen MR) is 50.2 cm³/mol. The maximum absolute atomic E-state index is 2.85. The van der Waals surface area contributed by atoms with E-state index in [1.165, 1.54) is 57.9 Å². The first-order valence-electron chi connectivity index (χ1n) is 5.68. The lowest BCUT2D eigenvalue weighted by molar-refractivity contribution is -0.0619. The summed E-state index contributed by atoms with van der Waals surface area (Å²) >= 11 is 0. The van der Waals surface area contributed by atoms with Gasteiger partial charge in [-0.15, -0.1) is 0 Å². The average Bonchev–Trinajstić information content (AvgIpc) is 2.43. The van der Waals surface area contributed by atoms with Crippen LogP contribution in [0.5, 0.6) is 0 Å². The second-order valence-corrected chi connectivity index (χ2v) is 4.96. The van der Waals surface area contributed by atoms with Crippen molar-refractivity contribution in [2.24, 2.45) is 0 Å². The van der Waals surface area contributed by atoms with Crippen molar-refractivity contribution in [1.82, 2.24) is 4.90 Å². The quantitative estimate of drug-likeness (QED) is 0.533. The summed E-state index contributed by atoms with van der Waals surface area (Å²) in [5, 5.41) is 0. The maximum atomic E-state index is 2.85. The summed E-state index contributed by atoms with van der Waals surface area (Å²) in [6.07, 6.45) is 12.1. The van der Waals surface area contributed by atoms with Gasteiger partial charge in [0.05, 0.1) is 0 Å². The highest BCUT2D eigenvalue weighted by atomic mass is 15.3. The predicted octanol–water partition coefficient (Wildman–Crippen LogP) is 2.56. The van der Waals surface area contributed by atoms with Crippen molar-refractivity contribution in [1.29, 1.82) is 0 Å². The zero-order chi connectivity index (χ0) is 8.02. The van der Waals surface area contributed by atoms with Crippen molar-refractivity contribution in [3.63, 3.8) is 0 Å². The summed E-state index contributed by atoms with van der Waals surface area (Å²) in [5.74, 6) is 0. The van der Waals surface area contributed by atoms with Gasteiger partial charge in [0.2, 0.25) is 0 Å². The molecular formula is C11H19N. The third kappa shape index (κ3) is 0.834. The van der Waals surface area contributed by atoms with E-state index in [1.54, 1.807) is 0 Å². The molecule has 2 aliphatic heterocycles. The Morgan fingerprint density at radius 2 is 1.67 bits per heavy atom. The van der Waals surface area contributed by atoms with Crippen LogP contribution < -0.4 is 0 Å². The van der Waals surface area contributed by atoms with Gasteiger partial charge in [0.15, 0.2) is 0 Å². The van der Waals surface area contributed by atoms with E-state index in [0.29, 0.717) is 0 Å². The van der Waals surface area contributed by atoms with Crippen LogP contribution in [-0.2, 0) is 0 Å². The monoisotopic (exact) mass is 165 g/mol. The molecule has 1 aliphatic carbocycles. The molecule has 0 N–H and O–H groups in total. The zero-order valence-electron chi connectivity index (χ0n) is 7.89. The van der Waals surface area contributed by atoms with Gasteiger partial charge in [0.1, 0.15) is 0 Å². The van der Waals surface area contributed by atoms with Crippen LogP contribution in [0.1, 0.15) is 51.4 Å². The van der Waals surface area contributed by atoms with Crippen molar-refractivity contribution in [2.75, 3.05) is 6.54 Å². The normalized spacial score (nSPS) is 39.5. The zero-order valence-corrected chi connectivity index (χ0v) is 7.89. The van der Waals surface area contributed by atoms with Crippen molar-refractivity contribution in [3.05, 3.63) is 0 Å². The van der Waals surface area contributed by atoms with Crippen LogP contribution in [-0.4, -0.2) is 23.0 Å². The SMILES string of the molecule is C1CCC2(C1)CCCC1CCN12. The van der Waals surface area contributed by atoms with Gasteiger partial charge in [-0.05, 0) is 32.1 Å². The highest BCUT2D eigenvalue weighted by Gasteiger charge is 2.48. The standard InChI is InChI=1S/C11H19N/c1-2-7-11(6-1)8-3-4-10-5-9-12(10)11/h10H,1-9H2. The van der Waals surface area contributed by atoms with Crippen LogP contribution in [0, 0.1) is 0 Å². The largest absolute Gasteiger partial charge is 0.295 e. The molecule has 0 aromatic heterocycles. The van der Waals surface area contributed by atoms with Crippen LogP contribution in [0.3, 0.4) is 0 Å². The van der Waals surface area contributed by atoms with Gasteiger partial charge < -0.3 is 0 Å². The molecule has 2 heterocycles. The molecule has 1 heteroatoms. The Morgan fingerprint density at radius 3 is 2.33 bits per heavy atom. The number of rotatable bonds is 0. The summed E-state index contributed by atoms with van der Waals surface area (Å²) in [6, 6.07) is 1.01. The second kappa shape index (κ2) is 2.47. The van der Waals surface area contributed by atoms with Crippen LogP contribution in [0.25, 0.3) is 0 Å². The van der Waals surface area contributed by atoms with Crippen LogP contribution in [0.4, 0.5) is 0 Å². The van der Waals surface area contributed by atoms with Crippen LogP contribution in [0.2, 0.25) is 0 Å². The molecule has 1 saturated carbocycles. The first-order valence-corrected chi connectivity index (χ1v) is 5.68. The van der Waals surface area contributed by atoms with E-state index in [2.05, 4.69) is 4.90 Å². The fourth-order valence-corrected chi connectivity index (χ4v) is 3.75. The van der Waals surface area contributed by atoms with E-state index < -0.39 is 0 Å². The van der Waals surface area contributed by atoms with Gasteiger partial charge in [-0.3, -0.25) is 4.90 Å². The van der Waals surface area contributed by atoms with E-state index in [4.69, 9.17) is 0 Å². The Morgan fingerprint density at radius 1 is 0.917 bits per heavy atom. The summed E-state index contributed by atoms with van der Waals surface area (Å²) < 4.78 is 0. The third-order valence-electron chi connectivity index (χ3n) is 4.47. The van der Waals surface area contributed by atoms with Gasteiger partial charge >= 0.3 is 0 Å². The lowest BCUT2D eigenvalue weighted by Gasteiger charge is -2.56. The Labute approximate surface area is 75.1 Å². The highest BCUT2D eigenvalue weighted by molar-refractivity contribution is 5.04. The van der Waals surface area contributed by atoms with E-state index in [0.717, 1.165) is 11.6 Å². The summed E-state index contributed by atoms with van der Waals surface area (Å²) in [7, 11) is 0. The molecule has 0 aromatic rings. The average molecular weight is 165 g/mol. The second-order valence-electron chi connectivity index (χ2n) is 4.96. The summed E-state index contributed by atoms with van der Waals surface area (Å²) in [6.45, 7) is 1.42. The van der Waals surface area contributed by atoms with E-state index >= 15 is 0 Å². The molecule has 2 saturated heterocycles. The van der Waals surface area contributed by atoms with E-state index in [-0.39, 0.29) is 0 Å². The van der Waals surface area contributed by atoms with Crippen LogP contribution >= 0.6 is 0 Å². The van der Waals surface area contributed by atoms with Gasteiger partial charge in [-0.2, -0.15) is 0 Å². The fourth-order valence-electron chi connectivity index (χ4n) is 3.75. The first-order chi connectivity index (χ1) is 5.91. The lowest BCUT2D eigenvalue weighted by atomic mass is 9.77. The minimum Gasteiger partial charge on any atom is -0.295 e. The molecule has 0 radical (unpaired) electrons. The molecule has 0 amide bonds. The fraction of sp³-hybridized carbons (Fsp3) is 1.00. The first kappa shape index (κ1) is 7.37. The number of hydrogen-bond donors (Lipinski definition) is 0. The van der Waals surface area contributed by atoms with Crippen molar-refractivity contribution in [2.45, 2.75) is 62.9 Å². The van der Waals surface area contributed by atoms with Crippen molar-refractivity contribution in [3.8, 4) is 0 Å². The molecule has 1 spiro atoms. The molecule has 0 bridgehead atoms. The molecule has 0 aromatic carbocycles. The maximum Gasteiger partial charge on any atom is 0.0212 e.